The van der Waals surface area contributed by atoms with Crippen molar-refractivity contribution in [2.75, 3.05) is 0 Å². The number of nitriles is 1. The molecule has 0 saturated carbocycles. The van der Waals surface area contributed by atoms with Crippen molar-refractivity contribution in [1.29, 1.82) is 5.26 Å². The van der Waals surface area contributed by atoms with Crippen LogP contribution < -0.4 is 4.74 Å². The second-order valence-electron chi connectivity index (χ2n) is 5.27. The molecule has 0 radical (unpaired) electrons. The van der Waals surface area contributed by atoms with Crippen molar-refractivity contribution in [2.45, 2.75) is 32.3 Å². The highest BCUT2D eigenvalue weighted by atomic mass is 16.5. The molecule has 1 N–H and O–H groups in total. The number of nitrogens with zero attached hydrogens (tertiary/aromatic N) is 1. The molecule has 0 aromatic heterocycles. The number of carbonyl (C=O) groups is 1. The van der Waals surface area contributed by atoms with Crippen LogP contribution in [-0.4, -0.2) is 17.2 Å². The largest absolute Gasteiger partial charge is 0.479 e. The van der Waals surface area contributed by atoms with Crippen molar-refractivity contribution in [3.05, 3.63) is 54.1 Å². The van der Waals surface area contributed by atoms with Gasteiger partial charge in [0.25, 0.3) is 0 Å². The lowest BCUT2D eigenvalue weighted by atomic mass is 10.0. The fourth-order valence-electron chi connectivity index (χ4n) is 2.35. The number of rotatable bonds is 7. The number of benzene rings is 2. The summed E-state index contributed by atoms with van der Waals surface area (Å²) in [5.74, 6) is -0.575. The molecule has 23 heavy (non-hydrogen) atoms. The minimum atomic E-state index is -0.982. The first-order valence-corrected chi connectivity index (χ1v) is 7.64. The zero-order valence-corrected chi connectivity index (χ0v) is 13.0. The van der Waals surface area contributed by atoms with Crippen molar-refractivity contribution in [3.8, 4) is 22.9 Å². The van der Waals surface area contributed by atoms with E-state index in [4.69, 9.17) is 4.74 Å². The SMILES string of the molecule is CCCCC(Oc1ccc(-c2ccccc2)c(C#N)c1)C(=O)O. The molecule has 0 heterocycles. The molecule has 2 aromatic rings. The molecule has 0 saturated heterocycles. The van der Waals surface area contributed by atoms with Gasteiger partial charge in [-0.25, -0.2) is 4.79 Å². The lowest BCUT2D eigenvalue weighted by Crippen LogP contribution is -2.26. The summed E-state index contributed by atoms with van der Waals surface area (Å²) < 4.78 is 5.56. The van der Waals surface area contributed by atoms with Crippen molar-refractivity contribution >= 4 is 5.97 Å². The standard InChI is InChI=1S/C19H19NO3/c1-2-3-9-18(19(21)22)23-16-10-11-17(15(12-16)13-20)14-7-5-4-6-8-14/h4-8,10-12,18H,2-3,9H2,1H3,(H,21,22). The van der Waals surface area contributed by atoms with Gasteiger partial charge in [0.1, 0.15) is 5.75 Å². The van der Waals surface area contributed by atoms with Gasteiger partial charge in [-0.3, -0.25) is 0 Å². The Hall–Kier alpha value is -2.80. The van der Waals surface area contributed by atoms with Crippen LogP contribution in [0.2, 0.25) is 0 Å². The van der Waals surface area contributed by atoms with Crippen molar-refractivity contribution < 1.29 is 14.6 Å². The van der Waals surface area contributed by atoms with Gasteiger partial charge in [-0.15, -0.1) is 0 Å². The van der Waals surface area contributed by atoms with Crippen LogP contribution in [0.4, 0.5) is 0 Å². The highest BCUT2D eigenvalue weighted by Gasteiger charge is 2.19. The van der Waals surface area contributed by atoms with Gasteiger partial charge in [0, 0.05) is 0 Å². The van der Waals surface area contributed by atoms with E-state index in [1.54, 1.807) is 18.2 Å². The second-order valence-corrected chi connectivity index (χ2v) is 5.27. The Kier molecular flexibility index (Phi) is 5.76. The molecule has 118 valence electrons. The Bertz CT molecular complexity index is 704. The van der Waals surface area contributed by atoms with Gasteiger partial charge in [-0.2, -0.15) is 5.26 Å². The van der Waals surface area contributed by atoms with Crippen LogP contribution >= 0.6 is 0 Å². The van der Waals surface area contributed by atoms with Crippen LogP contribution in [0.1, 0.15) is 31.7 Å². The molecule has 4 nitrogen and oxygen atoms in total. The highest BCUT2D eigenvalue weighted by Crippen LogP contribution is 2.27. The summed E-state index contributed by atoms with van der Waals surface area (Å²) in [5, 5.41) is 18.6. The number of aliphatic carboxylic acids is 1. The summed E-state index contributed by atoms with van der Waals surface area (Å²) in [5.41, 5.74) is 2.21. The maximum absolute atomic E-state index is 11.3. The Balaban J connectivity index is 2.25. The molecule has 4 heteroatoms. The Morgan fingerprint density at radius 3 is 2.61 bits per heavy atom. The van der Waals surface area contributed by atoms with E-state index in [-0.39, 0.29) is 0 Å². The van der Waals surface area contributed by atoms with E-state index in [1.165, 1.54) is 0 Å². The summed E-state index contributed by atoms with van der Waals surface area (Å²) in [4.78, 5) is 11.3. The first-order chi connectivity index (χ1) is 11.2. The van der Waals surface area contributed by atoms with Crippen molar-refractivity contribution in [2.24, 2.45) is 0 Å². The lowest BCUT2D eigenvalue weighted by molar-refractivity contribution is -0.145. The molecule has 1 unspecified atom stereocenters. The molecule has 0 aliphatic heterocycles. The second kappa shape index (κ2) is 8.00. The van der Waals surface area contributed by atoms with Gasteiger partial charge in [0.15, 0.2) is 6.10 Å². The molecule has 2 aromatic carbocycles. The summed E-state index contributed by atoms with van der Waals surface area (Å²) in [6.07, 6.45) is 1.26. The number of carboxylic acids is 1. The number of hydrogen-bond acceptors (Lipinski definition) is 3. The highest BCUT2D eigenvalue weighted by molar-refractivity contribution is 5.74. The summed E-state index contributed by atoms with van der Waals surface area (Å²) in [7, 11) is 0. The average Bonchev–Trinajstić information content (AvgIpc) is 2.58. The molecule has 0 aliphatic carbocycles. The van der Waals surface area contributed by atoms with E-state index in [0.717, 1.165) is 24.0 Å². The van der Waals surface area contributed by atoms with E-state index in [2.05, 4.69) is 6.07 Å². The predicted molar refractivity (Wildman–Crippen MR) is 88.2 cm³/mol. The van der Waals surface area contributed by atoms with Crippen LogP contribution in [-0.2, 0) is 4.79 Å². The molecular formula is C19H19NO3. The van der Waals surface area contributed by atoms with Gasteiger partial charge >= 0.3 is 5.97 Å². The van der Waals surface area contributed by atoms with E-state index in [9.17, 15) is 15.2 Å². The Morgan fingerprint density at radius 2 is 2.00 bits per heavy atom. The van der Waals surface area contributed by atoms with Crippen molar-refractivity contribution in [1.82, 2.24) is 0 Å². The Morgan fingerprint density at radius 1 is 1.26 bits per heavy atom. The van der Waals surface area contributed by atoms with Gasteiger partial charge in [-0.1, -0.05) is 43.7 Å². The third-order valence-electron chi connectivity index (χ3n) is 3.57. The van der Waals surface area contributed by atoms with Crippen LogP contribution in [0.15, 0.2) is 48.5 Å². The van der Waals surface area contributed by atoms with Crippen LogP contribution in [0.25, 0.3) is 11.1 Å². The Labute approximate surface area is 136 Å². The minimum Gasteiger partial charge on any atom is -0.479 e. The molecular weight excluding hydrogens is 290 g/mol. The van der Waals surface area contributed by atoms with Crippen molar-refractivity contribution in [3.63, 3.8) is 0 Å². The number of unbranched alkanes of at least 4 members (excludes halogenated alkanes) is 1. The molecule has 0 amide bonds. The quantitative estimate of drug-likeness (QED) is 0.830. The average molecular weight is 309 g/mol. The number of hydrogen-bond donors (Lipinski definition) is 1. The zero-order chi connectivity index (χ0) is 16.7. The molecule has 0 fully saturated rings. The lowest BCUT2D eigenvalue weighted by Gasteiger charge is -2.15. The van der Waals surface area contributed by atoms with Crippen LogP contribution in [0.5, 0.6) is 5.75 Å². The van der Waals surface area contributed by atoms with Gasteiger partial charge < -0.3 is 9.84 Å². The maximum atomic E-state index is 11.3. The molecule has 1 atom stereocenters. The summed E-state index contributed by atoms with van der Waals surface area (Å²) in [6, 6.07) is 16.9. The van der Waals surface area contributed by atoms with Gasteiger partial charge in [0.05, 0.1) is 11.6 Å². The molecule has 0 spiro atoms. The zero-order valence-electron chi connectivity index (χ0n) is 13.0. The number of carboxylic acid groups (broad SMARTS) is 1. The third kappa shape index (κ3) is 4.33. The first-order valence-electron chi connectivity index (χ1n) is 7.64. The van der Waals surface area contributed by atoms with Crippen LogP contribution in [0.3, 0.4) is 0 Å². The predicted octanol–water partition coefficient (Wildman–Crippen LogP) is 4.25. The molecule has 0 aliphatic rings. The van der Waals surface area contributed by atoms with E-state index in [1.807, 2.05) is 37.3 Å². The maximum Gasteiger partial charge on any atom is 0.344 e. The fraction of sp³-hybridized carbons (Fsp3) is 0.263. The smallest absolute Gasteiger partial charge is 0.344 e. The summed E-state index contributed by atoms with van der Waals surface area (Å²) >= 11 is 0. The monoisotopic (exact) mass is 309 g/mol. The van der Waals surface area contributed by atoms with Crippen LogP contribution in [0, 0.1) is 11.3 Å². The van der Waals surface area contributed by atoms with Gasteiger partial charge in [-0.05, 0) is 42.2 Å². The fourth-order valence-corrected chi connectivity index (χ4v) is 2.35. The van der Waals surface area contributed by atoms with Gasteiger partial charge in [0.2, 0.25) is 0 Å². The molecule has 2 rings (SSSR count). The van der Waals surface area contributed by atoms with E-state index in [0.29, 0.717) is 17.7 Å². The molecule has 0 bridgehead atoms. The first kappa shape index (κ1) is 16.6. The third-order valence-corrected chi connectivity index (χ3v) is 3.57. The normalized spacial score (nSPS) is 11.5. The minimum absolute atomic E-state index is 0.407. The van der Waals surface area contributed by atoms with E-state index < -0.39 is 12.1 Å². The topological polar surface area (TPSA) is 70.3 Å². The van der Waals surface area contributed by atoms with E-state index >= 15 is 0 Å². The number of ether oxygens (including phenoxy) is 1. The summed E-state index contributed by atoms with van der Waals surface area (Å²) in [6.45, 7) is 2.00.